The Morgan fingerprint density at radius 2 is 1.88 bits per heavy atom. The molecule has 7 heteroatoms. The number of fused-ring (bicyclic) bond motifs is 2. The fraction of sp³-hybridized carbons (Fsp3) is 0.412. The van der Waals surface area contributed by atoms with Crippen LogP contribution in [0.2, 0.25) is 0 Å². The second-order valence-corrected chi connectivity index (χ2v) is 6.15. The van der Waals surface area contributed by atoms with Gasteiger partial charge in [-0.3, -0.25) is 19.2 Å². The van der Waals surface area contributed by atoms with E-state index in [4.69, 9.17) is 5.11 Å². The molecule has 0 radical (unpaired) electrons. The normalized spacial score (nSPS) is 22.1. The number of nitrogens with one attached hydrogen (secondary N) is 2. The fourth-order valence-corrected chi connectivity index (χ4v) is 3.67. The number of hydrogen-bond acceptors (Lipinski definition) is 5. The third-order valence-corrected chi connectivity index (χ3v) is 4.84. The molecule has 1 spiro atoms. The van der Waals surface area contributed by atoms with Crippen LogP contribution in [0.3, 0.4) is 0 Å². The van der Waals surface area contributed by atoms with E-state index in [1.165, 1.54) is 0 Å². The predicted molar refractivity (Wildman–Crippen MR) is 83.7 cm³/mol. The SMILES string of the molecule is O=C(O)CNC(=O)C1C(=O)c2ccccc2C2(CCNCC2)C1=O. The van der Waals surface area contributed by atoms with Crippen molar-refractivity contribution in [3.05, 3.63) is 35.4 Å². The highest BCUT2D eigenvalue weighted by molar-refractivity contribution is 6.29. The molecule has 1 aromatic carbocycles. The number of carbonyl (C=O) groups is 4. The summed E-state index contributed by atoms with van der Waals surface area (Å²) < 4.78 is 0. The molecule has 3 N–H and O–H groups in total. The third-order valence-electron chi connectivity index (χ3n) is 4.84. The molecule has 0 saturated carbocycles. The van der Waals surface area contributed by atoms with E-state index in [9.17, 15) is 19.2 Å². The van der Waals surface area contributed by atoms with Gasteiger partial charge in [0.1, 0.15) is 6.54 Å². The molecule has 1 aliphatic heterocycles. The second-order valence-electron chi connectivity index (χ2n) is 6.15. The highest BCUT2D eigenvalue weighted by Crippen LogP contribution is 2.43. The van der Waals surface area contributed by atoms with Crippen LogP contribution in [0, 0.1) is 5.92 Å². The lowest BCUT2D eigenvalue weighted by atomic mass is 9.60. The Balaban J connectivity index is 2.04. The zero-order valence-electron chi connectivity index (χ0n) is 13.0. The van der Waals surface area contributed by atoms with E-state index in [0.29, 0.717) is 37.1 Å². The first-order valence-electron chi connectivity index (χ1n) is 7.85. The number of amides is 1. The summed E-state index contributed by atoms with van der Waals surface area (Å²) in [7, 11) is 0. The van der Waals surface area contributed by atoms with Crippen molar-refractivity contribution in [3.63, 3.8) is 0 Å². The highest BCUT2D eigenvalue weighted by atomic mass is 16.4. The maximum Gasteiger partial charge on any atom is 0.322 e. The van der Waals surface area contributed by atoms with Gasteiger partial charge in [-0.1, -0.05) is 24.3 Å². The molecule has 1 amide bonds. The summed E-state index contributed by atoms with van der Waals surface area (Å²) >= 11 is 0. The van der Waals surface area contributed by atoms with Crippen molar-refractivity contribution in [1.82, 2.24) is 10.6 Å². The number of rotatable bonds is 3. The van der Waals surface area contributed by atoms with Crippen LogP contribution in [0.4, 0.5) is 0 Å². The smallest absolute Gasteiger partial charge is 0.322 e. The highest BCUT2D eigenvalue weighted by Gasteiger charge is 2.54. The molecule has 0 aromatic heterocycles. The Morgan fingerprint density at radius 1 is 1.21 bits per heavy atom. The van der Waals surface area contributed by atoms with Gasteiger partial charge in [-0.15, -0.1) is 0 Å². The Bertz CT molecular complexity index is 721. The number of carboxylic acid groups (broad SMARTS) is 1. The van der Waals surface area contributed by atoms with Crippen molar-refractivity contribution in [2.24, 2.45) is 5.92 Å². The van der Waals surface area contributed by atoms with E-state index in [2.05, 4.69) is 10.6 Å². The number of ketones is 2. The van der Waals surface area contributed by atoms with Gasteiger partial charge in [-0.25, -0.2) is 0 Å². The number of hydrogen-bond donors (Lipinski definition) is 3. The molecule has 1 unspecified atom stereocenters. The van der Waals surface area contributed by atoms with Crippen LogP contribution in [0.1, 0.15) is 28.8 Å². The third kappa shape index (κ3) is 2.50. The number of Topliss-reactive ketones (excluding diaryl/α,β-unsaturated/α-hetero) is 2. The molecule has 1 aliphatic carbocycles. The van der Waals surface area contributed by atoms with Gasteiger partial charge in [0, 0.05) is 5.56 Å². The second kappa shape index (κ2) is 6.16. The Kier molecular flexibility index (Phi) is 4.19. The first-order chi connectivity index (χ1) is 11.5. The molecule has 3 rings (SSSR count). The van der Waals surface area contributed by atoms with Gasteiger partial charge in [0.05, 0.1) is 5.41 Å². The molecule has 24 heavy (non-hydrogen) atoms. The molecule has 1 heterocycles. The van der Waals surface area contributed by atoms with E-state index in [-0.39, 0.29) is 0 Å². The average Bonchev–Trinajstić information content (AvgIpc) is 2.59. The van der Waals surface area contributed by atoms with Crippen LogP contribution in [0.5, 0.6) is 0 Å². The van der Waals surface area contributed by atoms with Gasteiger partial charge in [-0.05, 0) is 31.5 Å². The van der Waals surface area contributed by atoms with Crippen molar-refractivity contribution in [2.75, 3.05) is 19.6 Å². The van der Waals surface area contributed by atoms with Gasteiger partial charge >= 0.3 is 5.97 Å². The maximum atomic E-state index is 13.1. The van der Waals surface area contributed by atoms with E-state index in [0.717, 1.165) is 0 Å². The molecule has 1 aromatic rings. The number of carboxylic acids is 1. The first kappa shape index (κ1) is 16.3. The monoisotopic (exact) mass is 330 g/mol. The summed E-state index contributed by atoms with van der Waals surface area (Å²) in [6.07, 6.45) is 1.03. The summed E-state index contributed by atoms with van der Waals surface area (Å²) in [5, 5.41) is 14.1. The van der Waals surface area contributed by atoms with Crippen molar-refractivity contribution in [2.45, 2.75) is 18.3 Å². The zero-order valence-corrected chi connectivity index (χ0v) is 13.0. The van der Waals surface area contributed by atoms with Crippen molar-refractivity contribution < 1.29 is 24.3 Å². The van der Waals surface area contributed by atoms with Crippen LogP contribution in [-0.4, -0.2) is 48.2 Å². The van der Waals surface area contributed by atoms with Crippen molar-refractivity contribution in [3.8, 4) is 0 Å². The topological polar surface area (TPSA) is 113 Å². The number of benzene rings is 1. The molecule has 0 bridgehead atoms. The Labute approximate surface area is 138 Å². The van der Waals surface area contributed by atoms with Gasteiger partial charge in [-0.2, -0.15) is 0 Å². The lowest BCUT2D eigenvalue weighted by Gasteiger charge is -2.42. The minimum Gasteiger partial charge on any atom is -0.480 e. The van der Waals surface area contributed by atoms with Gasteiger partial charge in [0.25, 0.3) is 0 Å². The molecule has 7 nitrogen and oxygen atoms in total. The molecule has 126 valence electrons. The summed E-state index contributed by atoms with van der Waals surface area (Å²) in [6.45, 7) is 0.627. The summed E-state index contributed by atoms with van der Waals surface area (Å²) in [5.74, 6) is -4.51. The lowest BCUT2D eigenvalue weighted by Crippen LogP contribution is -2.56. The van der Waals surface area contributed by atoms with Gasteiger partial charge in [0.15, 0.2) is 17.5 Å². The van der Waals surface area contributed by atoms with E-state index >= 15 is 0 Å². The minimum absolute atomic E-state index is 0.384. The summed E-state index contributed by atoms with van der Waals surface area (Å²) in [6, 6.07) is 6.90. The number of aliphatic carboxylic acids is 1. The van der Waals surface area contributed by atoms with Crippen molar-refractivity contribution >= 4 is 23.4 Å². The molecule has 1 saturated heterocycles. The van der Waals surface area contributed by atoms with E-state index < -0.39 is 41.3 Å². The maximum absolute atomic E-state index is 13.1. The first-order valence-corrected chi connectivity index (χ1v) is 7.85. The predicted octanol–water partition coefficient (Wildman–Crippen LogP) is -0.110. The quantitative estimate of drug-likeness (QED) is 0.667. The van der Waals surface area contributed by atoms with Gasteiger partial charge in [0.2, 0.25) is 5.91 Å². The molecular formula is C17H18N2O5. The summed E-state index contributed by atoms with van der Waals surface area (Å²) in [4.78, 5) is 48.8. The van der Waals surface area contributed by atoms with Crippen LogP contribution in [0.25, 0.3) is 0 Å². The summed E-state index contributed by atoms with van der Waals surface area (Å²) in [5.41, 5.74) is 0.208. The van der Waals surface area contributed by atoms with Crippen LogP contribution >= 0.6 is 0 Å². The molecular weight excluding hydrogens is 312 g/mol. The standard InChI is InChI=1S/C17H18N2O5/c20-12(21)9-19-16(24)13-14(22)10-3-1-2-4-11(10)17(15(13)23)5-7-18-8-6-17/h1-4,13,18H,5-9H2,(H,19,24)(H,20,21). The lowest BCUT2D eigenvalue weighted by molar-refractivity contribution is -0.141. The zero-order chi connectivity index (χ0) is 17.3. The molecule has 2 aliphatic rings. The Morgan fingerprint density at radius 3 is 2.54 bits per heavy atom. The minimum atomic E-state index is -1.47. The van der Waals surface area contributed by atoms with Crippen molar-refractivity contribution in [1.29, 1.82) is 0 Å². The van der Waals surface area contributed by atoms with Gasteiger partial charge < -0.3 is 15.7 Å². The van der Waals surface area contributed by atoms with E-state index in [1.807, 2.05) is 0 Å². The number of piperidine rings is 1. The van der Waals surface area contributed by atoms with Crippen LogP contribution < -0.4 is 10.6 Å². The van der Waals surface area contributed by atoms with E-state index in [1.54, 1.807) is 24.3 Å². The molecule has 1 atom stereocenters. The molecule has 1 fully saturated rings. The van der Waals surface area contributed by atoms with Crippen LogP contribution in [-0.2, 0) is 19.8 Å². The largest absolute Gasteiger partial charge is 0.480 e. The average molecular weight is 330 g/mol. The number of carbonyl (C=O) groups excluding carboxylic acids is 3. The van der Waals surface area contributed by atoms with Crippen LogP contribution in [0.15, 0.2) is 24.3 Å². The Hall–Kier alpha value is -2.54. The fourth-order valence-electron chi connectivity index (χ4n) is 3.67.